The maximum Gasteiger partial charge on any atom is 0.243 e. The second-order valence-electron chi connectivity index (χ2n) is 7.47. The van der Waals surface area contributed by atoms with Gasteiger partial charge in [-0.25, -0.2) is 8.42 Å². The zero-order valence-electron chi connectivity index (χ0n) is 18.1. The van der Waals surface area contributed by atoms with Gasteiger partial charge in [-0.05, 0) is 35.4 Å². The zero-order valence-corrected chi connectivity index (χ0v) is 20.5. The summed E-state index contributed by atoms with van der Waals surface area (Å²) >= 11 is 2.79. The Morgan fingerprint density at radius 2 is 1.76 bits per heavy atom. The van der Waals surface area contributed by atoms with Crippen molar-refractivity contribution in [1.29, 1.82) is 0 Å². The molecule has 4 rings (SSSR count). The Bertz CT molecular complexity index is 1390. The summed E-state index contributed by atoms with van der Waals surface area (Å²) < 4.78 is 27.6. The van der Waals surface area contributed by atoms with Gasteiger partial charge in [-0.3, -0.25) is 10.1 Å². The van der Waals surface area contributed by atoms with Gasteiger partial charge in [0.1, 0.15) is 0 Å². The number of carbonyl (C=O) groups is 1. The van der Waals surface area contributed by atoms with E-state index in [1.54, 1.807) is 18.2 Å². The van der Waals surface area contributed by atoms with Crippen LogP contribution in [0.1, 0.15) is 11.1 Å². The monoisotopic (exact) mass is 498 g/mol. The van der Waals surface area contributed by atoms with Crippen molar-refractivity contribution < 1.29 is 13.2 Å². The van der Waals surface area contributed by atoms with Gasteiger partial charge >= 0.3 is 0 Å². The van der Waals surface area contributed by atoms with Crippen molar-refractivity contribution in [3.8, 4) is 0 Å². The first kappa shape index (κ1) is 23.4. The fourth-order valence-electron chi connectivity index (χ4n) is 3.10. The number of amides is 1. The first-order chi connectivity index (χ1) is 15.8. The topological polar surface area (TPSA) is 92.3 Å². The van der Waals surface area contributed by atoms with E-state index in [4.69, 9.17) is 0 Å². The highest BCUT2D eigenvalue weighted by molar-refractivity contribution is 8.00. The molecule has 0 spiro atoms. The van der Waals surface area contributed by atoms with E-state index in [1.165, 1.54) is 41.3 Å². The van der Waals surface area contributed by atoms with Crippen molar-refractivity contribution in [1.82, 2.24) is 14.5 Å². The Hall–Kier alpha value is -2.79. The van der Waals surface area contributed by atoms with Crippen LogP contribution in [0.3, 0.4) is 0 Å². The molecule has 3 aromatic carbocycles. The average Bonchev–Trinajstić information content (AvgIpc) is 3.25. The van der Waals surface area contributed by atoms with Gasteiger partial charge in [0.15, 0.2) is 4.34 Å². The van der Waals surface area contributed by atoms with Crippen LogP contribution < -0.4 is 5.32 Å². The summed E-state index contributed by atoms with van der Waals surface area (Å²) in [7, 11) is -2.44. The molecule has 1 amide bonds. The molecule has 1 aromatic heterocycles. The van der Waals surface area contributed by atoms with Crippen LogP contribution in [-0.2, 0) is 20.6 Å². The van der Waals surface area contributed by atoms with Gasteiger partial charge in [0, 0.05) is 12.8 Å². The highest BCUT2D eigenvalue weighted by Gasteiger charge is 2.23. The Morgan fingerprint density at radius 3 is 2.52 bits per heavy atom. The molecule has 0 unspecified atom stereocenters. The normalized spacial score (nSPS) is 11.7. The van der Waals surface area contributed by atoms with Crippen LogP contribution in [0, 0.1) is 6.92 Å². The molecule has 0 radical (unpaired) electrons. The Kier molecular flexibility index (Phi) is 7.08. The largest absolute Gasteiger partial charge is 0.299 e. The van der Waals surface area contributed by atoms with Crippen LogP contribution in [0.25, 0.3) is 10.8 Å². The summed E-state index contributed by atoms with van der Waals surface area (Å²) in [6.45, 7) is 1.71. The van der Waals surface area contributed by atoms with Crippen LogP contribution >= 0.6 is 23.1 Å². The summed E-state index contributed by atoms with van der Waals surface area (Å²) in [4.78, 5) is 12.6. The second kappa shape index (κ2) is 10.0. The van der Waals surface area contributed by atoms with E-state index in [-0.39, 0.29) is 11.4 Å². The van der Waals surface area contributed by atoms with Crippen LogP contribution in [0.5, 0.6) is 0 Å². The maximum absolute atomic E-state index is 12.9. The molecule has 0 saturated carbocycles. The van der Waals surface area contributed by atoms with Crippen molar-refractivity contribution >= 4 is 54.9 Å². The van der Waals surface area contributed by atoms with Crippen LogP contribution in [0.2, 0.25) is 0 Å². The van der Waals surface area contributed by atoms with Crippen molar-refractivity contribution in [2.45, 2.75) is 21.9 Å². The average molecular weight is 499 g/mol. The number of hydrogen-bond acceptors (Lipinski definition) is 7. The van der Waals surface area contributed by atoms with Crippen molar-refractivity contribution in [3.63, 3.8) is 0 Å². The van der Waals surface area contributed by atoms with Gasteiger partial charge in [0.2, 0.25) is 21.1 Å². The predicted molar refractivity (Wildman–Crippen MR) is 133 cm³/mol. The van der Waals surface area contributed by atoms with E-state index in [0.29, 0.717) is 5.13 Å². The summed E-state index contributed by atoms with van der Waals surface area (Å²) in [5.74, 6) is 0.267. The predicted octanol–water partition coefficient (Wildman–Crippen LogP) is 4.55. The highest BCUT2D eigenvalue weighted by atomic mass is 32.2. The lowest BCUT2D eigenvalue weighted by Gasteiger charge is -2.16. The van der Waals surface area contributed by atoms with Crippen molar-refractivity contribution in [3.05, 3.63) is 77.9 Å². The molecule has 170 valence electrons. The first-order valence-electron chi connectivity index (χ1n) is 10.1. The van der Waals surface area contributed by atoms with Gasteiger partial charge in [-0.1, -0.05) is 83.3 Å². The summed E-state index contributed by atoms with van der Waals surface area (Å²) in [5.41, 5.74) is 2.38. The number of benzene rings is 3. The molecule has 0 bridgehead atoms. The Balaban J connectivity index is 1.35. The fourth-order valence-corrected chi connectivity index (χ4v) is 5.99. The lowest BCUT2D eigenvalue weighted by molar-refractivity contribution is -0.116. The first-order valence-corrected chi connectivity index (χ1v) is 13.3. The molecule has 7 nitrogen and oxygen atoms in total. The molecule has 0 atom stereocenters. The smallest absolute Gasteiger partial charge is 0.243 e. The molecule has 10 heteroatoms. The van der Waals surface area contributed by atoms with E-state index in [9.17, 15) is 13.2 Å². The van der Waals surface area contributed by atoms with E-state index >= 15 is 0 Å². The van der Waals surface area contributed by atoms with Crippen molar-refractivity contribution in [2.24, 2.45) is 0 Å². The zero-order chi connectivity index (χ0) is 23.4. The SMILES string of the molecule is Cc1ccc(CSc2nnc(NC(=O)CN(C)S(=O)(=O)c3ccc4ccccc4c3)s2)cc1. The standard InChI is InChI=1S/C23H22N4O3S3/c1-16-7-9-17(10-8-16)15-31-23-26-25-22(32-23)24-21(28)14-27(2)33(29,30)20-12-11-18-5-3-4-6-19(18)13-20/h3-13H,14-15H2,1-2H3,(H,24,25,28). The Morgan fingerprint density at radius 1 is 1.03 bits per heavy atom. The molecule has 1 heterocycles. The number of aromatic nitrogens is 2. The lowest BCUT2D eigenvalue weighted by Crippen LogP contribution is -2.34. The number of anilines is 1. The molecule has 4 aromatic rings. The molecule has 1 N–H and O–H groups in total. The number of aryl methyl sites for hydroxylation is 1. The molecule has 0 aliphatic heterocycles. The summed E-state index contributed by atoms with van der Waals surface area (Å²) in [6, 6.07) is 20.7. The summed E-state index contributed by atoms with van der Waals surface area (Å²) in [6.07, 6.45) is 0. The minimum absolute atomic E-state index is 0.141. The molecular weight excluding hydrogens is 476 g/mol. The molecule has 33 heavy (non-hydrogen) atoms. The van der Waals surface area contributed by atoms with Crippen LogP contribution in [0.4, 0.5) is 5.13 Å². The molecule has 0 aliphatic carbocycles. The minimum Gasteiger partial charge on any atom is -0.299 e. The molecule has 0 fully saturated rings. The van der Waals surface area contributed by atoms with Crippen LogP contribution in [-0.4, -0.2) is 42.4 Å². The third-order valence-corrected chi connectivity index (χ3v) is 8.77. The second-order valence-corrected chi connectivity index (χ2v) is 11.7. The van der Waals surface area contributed by atoms with E-state index < -0.39 is 15.9 Å². The number of carbonyl (C=O) groups excluding carboxylic acids is 1. The third kappa shape index (κ3) is 5.77. The molecule has 0 saturated heterocycles. The number of nitrogens with one attached hydrogen (secondary N) is 1. The van der Waals surface area contributed by atoms with Gasteiger partial charge in [0.05, 0.1) is 11.4 Å². The number of rotatable bonds is 8. The molecule has 0 aliphatic rings. The van der Waals surface area contributed by atoms with Gasteiger partial charge in [-0.2, -0.15) is 4.31 Å². The molecular formula is C23H22N4O3S3. The van der Waals surface area contributed by atoms with E-state index in [2.05, 4.69) is 39.8 Å². The number of nitrogens with zero attached hydrogens (tertiary/aromatic N) is 3. The lowest BCUT2D eigenvalue weighted by atomic mass is 10.1. The third-order valence-electron chi connectivity index (χ3n) is 4.93. The van der Waals surface area contributed by atoms with Crippen LogP contribution in [0.15, 0.2) is 76.0 Å². The number of sulfonamides is 1. The van der Waals surface area contributed by atoms with Gasteiger partial charge in [0.25, 0.3) is 0 Å². The van der Waals surface area contributed by atoms with E-state index in [1.807, 2.05) is 31.2 Å². The summed E-state index contributed by atoms with van der Waals surface area (Å²) in [5, 5.41) is 12.8. The number of fused-ring (bicyclic) bond motifs is 1. The van der Waals surface area contributed by atoms with Gasteiger partial charge < -0.3 is 0 Å². The maximum atomic E-state index is 12.9. The highest BCUT2D eigenvalue weighted by Crippen LogP contribution is 2.28. The Labute approximate surface area is 200 Å². The quantitative estimate of drug-likeness (QED) is 0.283. The number of likely N-dealkylation sites (N-methyl/N-ethyl adjacent to an activating group) is 1. The van der Waals surface area contributed by atoms with Crippen molar-refractivity contribution in [2.75, 3.05) is 18.9 Å². The van der Waals surface area contributed by atoms with E-state index in [0.717, 1.165) is 25.2 Å². The number of hydrogen-bond donors (Lipinski definition) is 1. The van der Waals surface area contributed by atoms with Gasteiger partial charge in [-0.15, -0.1) is 10.2 Å². The number of thioether (sulfide) groups is 1. The fraction of sp³-hybridized carbons (Fsp3) is 0.174. The minimum atomic E-state index is -3.82.